The number of primary amides is 1. The van der Waals surface area contributed by atoms with Gasteiger partial charge in [-0.15, -0.1) is 37.1 Å². The number of nitrogens with two attached hydrogens (primary N) is 1. The van der Waals surface area contributed by atoms with Gasteiger partial charge in [-0.25, -0.2) is 0 Å². The molecule has 0 aromatic heterocycles. The molecule has 1 saturated heterocycles. The number of hydrogen-bond acceptors (Lipinski definition) is 3. The van der Waals surface area contributed by atoms with Crippen molar-refractivity contribution in [2.75, 3.05) is 19.6 Å². The Kier molecular flexibility index (Phi) is 8.62. The molecule has 1 aromatic carbocycles. The van der Waals surface area contributed by atoms with Gasteiger partial charge in [-0.05, 0) is 43.7 Å². The Bertz CT molecular complexity index is 760. The number of halogens is 4. The summed E-state index contributed by atoms with van der Waals surface area (Å²) in [6, 6.07) is 6.27. The highest BCUT2D eigenvalue weighted by atomic mass is 127. The van der Waals surface area contributed by atoms with Crippen molar-refractivity contribution in [3.63, 3.8) is 0 Å². The Hall–Kier alpha value is -1.72. The number of rotatable bonds is 6. The molecule has 0 bridgehead atoms. The molecule has 1 aromatic rings. The first-order chi connectivity index (χ1) is 13.8. The lowest BCUT2D eigenvalue weighted by Gasteiger charge is -2.35. The molecule has 2 aliphatic rings. The number of nitrogens with one attached hydrogen (secondary N) is 1. The lowest BCUT2D eigenvalue weighted by atomic mass is 9.95. The molecule has 1 aliphatic carbocycles. The van der Waals surface area contributed by atoms with Crippen molar-refractivity contribution in [3.8, 4) is 5.75 Å². The number of hydrogen-bond donors (Lipinski definition) is 2. The number of carbonyl (C=O) groups excluding carboxylic acids is 1. The number of aliphatic imine (C=N–C) groups is 1. The van der Waals surface area contributed by atoms with Crippen LogP contribution in [0.15, 0.2) is 29.3 Å². The van der Waals surface area contributed by atoms with Crippen LogP contribution in [0.4, 0.5) is 13.2 Å². The first-order valence-electron chi connectivity index (χ1n) is 9.95. The maximum atomic E-state index is 12.7. The Labute approximate surface area is 191 Å². The second-order valence-corrected chi connectivity index (χ2v) is 7.60. The molecule has 10 heteroatoms. The van der Waals surface area contributed by atoms with Gasteiger partial charge in [0.05, 0.1) is 0 Å². The summed E-state index contributed by atoms with van der Waals surface area (Å²) in [6.07, 6.45) is -1.76. The Morgan fingerprint density at radius 2 is 2.10 bits per heavy atom. The van der Waals surface area contributed by atoms with E-state index >= 15 is 0 Å². The van der Waals surface area contributed by atoms with Crippen molar-refractivity contribution < 1.29 is 22.7 Å². The molecule has 6 nitrogen and oxygen atoms in total. The second kappa shape index (κ2) is 10.5. The van der Waals surface area contributed by atoms with Gasteiger partial charge in [-0.2, -0.15) is 0 Å². The number of nitrogens with zero attached hydrogens (tertiary/aromatic N) is 2. The van der Waals surface area contributed by atoms with Crippen molar-refractivity contribution in [1.29, 1.82) is 0 Å². The number of alkyl halides is 3. The number of para-hydroxylation sites is 1. The fraction of sp³-hybridized carbons (Fsp3) is 0.600. The molecule has 3 atom stereocenters. The van der Waals surface area contributed by atoms with E-state index in [9.17, 15) is 18.0 Å². The maximum Gasteiger partial charge on any atom is 0.573 e. The average Bonchev–Trinajstić information content (AvgIpc) is 3.39. The summed E-state index contributed by atoms with van der Waals surface area (Å²) in [6.45, 7) is 4.04. The predicted octanol–water partition coefficient (Wildman–Crippen LogP) is 3.61. The third-order valence-corrected chi connectivity index (χ3v) is 5.27. The molecule has 1 heterocycles. The van der Waals surface area contributed by atoms with Crippen LogP contribution in [0.1, 0.15) is 44.1 Å². The molecule has 0 radical (unpaired) electrons. The van der Waals surface area contributed by atoms with E-state index in [1.807, 2.05) is 6.92 Å². The van der Waals surface area contributed by atoms with Crippen molar-refractivity contribution in [2.24, 2.45) is 16.6 Å². The lowest BCUT2D eigenvalue weighted by molar-refractivity contribution is -0.274. The fourth-order valence-electron chi connectivity index (χ4n) is 3.96. The summed E-state index contributed by atoms with van der Waals surface area (Å²) < 4.78 is 42.2. The Morgan fingerprint density at radius 1 is 1.37 bits per heavy atom. The van der Waals surface area contributed by atoms with E-state index in [4.69, 9.17) is 5.73 Å². The van der Waals surface area contributed by atoms with Gasteiger partial charge in [0, 0.05) is 38.0 Å². The van der Waals surface area contributed by atoms with E-state index in [0.29, 0.717) is 31.5 Å². The molecular weight excluding hydrogens is 512 g/mol. The summed E-state index contributed by atoms with van der Waals surface area (Å²) >= 11 is 0. The molecule has 1 saturated carbocycles. The molecule has 2 fully saturated rings. The van der Waals surface area contributed by atoms with Gasteiger partial charge in [0.15, 0.2) is 5.96 Å². The topological polar surface area (TPSA) is 80.0 Å². The standard InChI is InChI=1S/C20H27F3N4O2.HI/c1-2-25-19(27-9-5-6-13(12-27)10-18(24)28)26-16-11-15(16)14-7-3-4-8-17(14)29-20(21,22)23;/h3-4,7-8,13,15-16H,2,5-6,9-12H2,1H3,(H2,24,28)(H,25,26);1H. The highest BCUT2D eigenvalue weighted by Crippen LogP contribution is 2.45. The summed E-state index contributed by atoms with van der Waals surface area (Å²) in [5.74, 6) is 0.413. The molecule has 30 heavy (non-hydrogen) atoms. The molecular formula is C20H28F3IN4O2. The van der Waals surface area contributed by atoms with Crippen molar-refractivity contribution in [3.05, 3.63) is 29.8 Å². The number of ether oxygens (including phenoxy) is 1. The van der Waals surface area contributed by atoms with Crippen molar-refractivity contribution in [1.82, 2.24) is 10.2 Å². The smallest absolute Gasteiger partial charge is 0.405 e. The number of amides is 1. The van der Waals surface area contributed by atoms with Gasteiger partial charge in [0.2, 0.25) is 5.91 Å². The van der Waals surface area contributed by atoms with Gasteiger partial charge in [-0.1, -0.05) is 18.2 Å². The van der Waals surface area contributed by atoms with Crippen molar-refractivity contribution in [2.45, 2.75) is 50.9 Å². The van der Waals surface area contributed by atoms with E-state index in [1.165, 1.54) is 12.1 Å². The highest BCUT2D eigenvalue weighted by molar-refractivity contribution is 14.0. The SMILES string of the molecule is CCN=C(NC1CC1c1ccccc1OC(F)(F)F)N1CCCC(CC(N)=O)C1.I. The maximum absolute atomic E-state index is 12.7. The first-order valence-corrected chi connectivity index (χ1v) is 9.95. The Balaban J connectivity index is 0.00000320. The molecule has 1 amide bonds. The van der Waals surface area contributed by atoms with E-state index in [-0.39, 0.29) is 53.5 Å². The third-order valence-electron chi connectivity index (χ3n) is 5.27. The van der Waals surface area contributed by atoms with Gasteiger partial charge in [-0.3, -0.25) is 9.79 Å². The number of piperidine rings is 1. The largest absolute Gasteiger partial charge is 0.573 e. The van der Waals surface area contributed by atoms with Gasteiger partial charge >= 0.3 is 6.36 Å². The monoisotopic (exact) mass is 540 g/mol. The zero-order valence-corrected chi connectivity index (χ0v) is 19.2. The minimum atomic E-state index is -4.72. The first kappa shape index (κ1) is 24.5. The number of guanidine groups is 1. The average molecular weight is 540 g/mol. The minimum absolute atomic E-state index is 0. The normalized spacial score (nSPS) is 24.1. The summed E-state index contributed by atoms with van der Waals surface area (Å²) in [5, 5.41) is 3.40. The number of benzene rings is 1. The zero-order valence-electron chi connectivity index (χ0n) is 16.8. The summed E-state index contributed by atoms with van der Waals surface area (Å²) in [5.41, 5.74) is 5.88. The second-order valence-electron chi connectivity index (χ2n) is 7.60. The highest BCUT2D eigenvalue weighted by Gasteiger charge is 2.43. The van der Waals surface area contributed by atoms with Crippen LogP contribution in [0, 0.1) is 5.92 Å². The van der Waals surface area contributed by atoms with Crippen LogP contribution in [0.3, 0.4) is 0 Å². The molecule has 0 spiro atoms. The van der Waals surface area contributed by atoms with Gasteiger partial charge in [0.1, 0.15) is 5.75 Å². The zero-order chi connectivity index (χ0) is 21.0. The quantitative estimate of drug-likeness (QED) is 0.329. The summed E-state index contributed by atoms with van der Waals surface area (Å²) in [4.78, 5) is 17.9. The molecule has 3 unspecified atom stereocenters. The van der Waals surface area contributed by atoms with E-state index < -0.39 is 6.36 Å². The van der Waals surface area contributed by atoms with Crippen LogP contribution in [0.5, 0.6) is 5.75 Å². The van der Waals surface area contributed by atoms with E-state index in [2.05, 4.69) is 19.9 Å². The van der Waals surface area contributed by atoms with Crippen LogP contribution in [-0.4, -0.2) is 48.8 Å². The van der Waals surface area contributed by atoms with Gasteiger partial charge < -0.3 is 20.7 Å². The number of likely N-dealkylation sites (tertiary alicyclic amines) is 1. The van der Waals surface area contributed by atoms with Crippen molar-refractivity contribution >= 4 is 35.8 Å². The molecule has 168 valence electrons. The Morgan fingerprint density at radius 3 is 2.77 bits per heavy atom. The fourth-order valence-corrected chi connectivity index (χ4v) is 3.96. The van der Waals surface area contributed by atoms with E-state index in [1.54, 1.807) is 12.1 Å². The lowest BCUT2D eigenvalue weighted by Crippen LogP contribution is -2.48. The molecule has 3 N–H and O–H groups in total. The van der Waals surface area contributed by atoms with Crippen LogP contribution in [0.25, 0.3) is 0 Å². The summed E-state index contributed by atoms with van der Waals surface area (Å²) in [7, 11) is 0. The van der Waals surface area contributed by atoms with Crippen LogP contribution < -0.4 is 15.8 Å². The van der Waals surface area contributed by atoms with Crippen LogP contribution in [0.2, 0.25) is 0 Å². The molecule has 1 aliphatic heterocycles. The molecule has 3 rings (SSSR count). The van der Waals surface area contributed by atoms with Crippen LogP contribution in [-0.2, 0) is 4.79 Å². The third kappa shape index (κ3) is 6.92. The number of carbonyl (C=O) groups is 1. The van der Waals surface area contributed by atoms with Crippen LogP contribution >= 0.6 is 24.0 Å². The van der Waals surface area contributed by atoms with E-state index in [0.717, 1.165) is 25.3 Å². The minimum Gasteiger partial charge on any atom is -0.405 e. The van der Waals surface area contributed by atoms with Gasteiger partial charge in [0.25, 0.3) is 0 Å². The predicted molar refractivity (Wildman–Crippen MR) is 119 cm³/mol.